The Hall–Kier alpha value is -1.68. The van der Waals surface area contributed by atoms with Crippen LogP contribution >= 0.6 is 7.82 Å². The Balaban J connectivity index is 1.74. The lowest BCUT2D eigenvalue weighted by molar-refractivity contribution is -0.266. The fourth-order valence-corrected chi connectivity index (χ4v) is 4.04. The number of phosphoric acid groups is 1. The molecule has 3 N–H and O–H groups in total. The van der Waals surface area contributed by atoms with Crippen LogP contribution in [0.3, 0.4) is 0 Å². The second-order valence-electron chi connectivity index (χ2n) is 6.72. The minimum absolute atomic E-state index is 0.148. The van der Waals surface area contributed by atoms with E-state index < -0.39 is 45.2 Å². The molecule has 1 heterocycles. The molecule has 0 amide bonds. The third-order valence-electron chi connectivity index (χ3n) is 4.50. The molecule has 0 unspecified atom stereocenters. The molecule has 0 bridgehead atoms. The van der Waals surface area contributed by atoms with Crippen LogP contribution in [0, 0.1) is 0 Å². The zero-order chi connectivity index (χ0) is 21.6. The first kappa shape index (κ1) is 23.0. The van der Waals surface area contributed by atoms with Crippen LogP contribution in [0.25, 0.3) is 0 Å². The molecule has 0 spiro atoms. The van der Waals surface area contributed by atoms with Crippen molar-refractivity contribution in [3.05, 3.63) is 71.8 Å². The molecule has 2 aromatic carbocycles. The van der Waals surface area contributed by atoms with Gasteiger partial charge in [0.05, 0.1) is 19.8 Å². The van der Waals surface area contributed by atoms with Gasteiger partial charge in [-0.25, -0.2) is 8.96 Å². The van der Waals surface area contributed by atoms with Crippen molar-refractivity contribution in [3.63, 3.8) is 0 Å². The Kier molecular flexibility index (Phi) is 8.10. The summed E-state index contributed by atoms with van der Waals surface area (Å²) in [6.45, 7) is -0.999. The molecule has 164 valence electrons. The normalized spacial score (nSPS) is 27.1. The van der Waals surface area contributed by atoms with Crippen molar-refractivity contribution in [1.29, 1.82) is 0 Å². The summed E-state index contributed by atoms with van der Waals surface area (Å²) in [6, 6.07) is 17.6. The predicted octanol–water partition coefficient (Wildman–Crippen LogP) is 2.32. The molecule has 0 radical (unpaired) electrons. The average molecular weight is 442 g/mol. The van der Waals surface area contributed by atoms with Gasteiger partial charge in [0.1, 0.15) is 18.3 Å². The van der Waals surface area contributed by atoms with Crippen LogP contribution in [-0.4, -0.2) is 52.7 Å². The van der Waals surface area contributed by atoms with E-state index in [0.29, 0.717) is 11.1 Å². The van der Waals surface area contributed by atoms with Crippen LogP contribution in [0.15, 0.2) is 60.7 Å². The highest BCUT2D eigenvalue weighted by atomic mass is 31.2. The lowest BCUT2D eigenvalue weighted by Gasteiger charge is -2.38. The van der Waals surface area contributed by atoms with Crippen molar-refractivity contribution in [3.8, 4) is 0 Å². The molecule has 2 aromatic rings. The van der Waals surface area contributed by atoms with Gasteiger partial charge >= 0.3 is 7.82 Å². The van der Waals surface area contributed by atoms with Crippen molar-refractivity contribution in [2.45, 2.75) is 44.0 Å². The quantitative estimate of drug-likeness (QED) is 0.507. The van der Waals surface area contributed by atoms with Crippen LogP contribution in [0.1, 0.15) is 11.1 Å². The summed E-state index contributed by atoms with van der Waals surface area (Å²) in [5.41, 5.74) is 1.35. The maximum atomic E-state index is 14.5. The fraction of sp³-hybridized carbons (Fsp3) is 0.400. The van der Waals surface area contributed by atoms with E-state index in [-0.39, 0.29) is 13.2 Å². The molecule has 10 heteroatoms. The van der Waals surface area contributed by atoms with Gasteiger partial charge in [-0.1, -0.05) is 60.7 Å². The molecule has 1 aliphatic rings. The van der Waals surface area contributed by atoms with E-state index in [2.05, 4.69) is 0 Å². The van der Waals surface area contributed by atoms with Crippen molar-refractivity contribution in [2.24, 2.45) is 0 Å². The Morgan fingerprint density at radius 2 is 1.40 bits per heavy atom. The lowest BCUT2D eigenvalue weighted by atomic mass is 10.0. The molecular formula is C20H24FO8P. The molecule has 1 fully saturated rings. The van der Waals surface area contributed by atoms with Crippen molar-refractivity contribution in [2.75, 3.05) is 6.61 Å². The first-order valence-corrected chi connectivity index (χ1v) is 10.8. The van der Waals surface area contributed by atoms with Crippen molar-refractivity contribution < 1.29 is 42.6 Å². The zero-order valence-corrected chi connectivity index (χ0v) is 16.9. The molecule has 1 aliphatic heterocycles. The SMILES string of the molecule is O=P(OCc1ccccc1)(OCc1ccccc1)O[C@@H]1O[C@H](CO)[C@@H](O)[C@H](O)[C@H]1F. The van der Waals surface area contributed by atoms with Crippen LogP contribution in [0.5, 0.6) is 0 Å². The van der Waals surface area contributed by atoms with E-state index in [1.807, 2.05) is 0 Å². The van der Waals surface area contributed by atoms with Crippen molar-refractivity contribution >= 4 is 7.82 Å². The molecule has 5 atom stereocenters. The van der Waals surface area contributed by atoms with E-state index in [1.165, 1.54) is 0 Å². The Labute approximate surface area is 173 Å². The minimum atomic E-state index is -4.38. The maximum Gasteiger partial charge on any atom is 0.477 e. The third-order valence-corrected chi connectivity index (χ3v) is 5.86. The van der Waals surface area contributed by atoms with Crippen LogP contribution in [-0.2, 0) is 36.1 Å². The van der Waals surface area contributed by atoms with Gasteiger partial charge in [0.2, 0.25) is 6.29 Å². The van der Waals surface area contributed by atoms with E-state index in [9.17, 15) is 24.3 Å². The largest absolute Gasteiger partial charge is 0.477 e. The number of alkyl halides is 1. The minimum Gasteiger partial charge on any atom is -0.394 e. The summed E-state index contributed by atoms with van der Waals surface area (Å²) in [6.07, 6.45) is -9.01. The molecular weight excluding hydrogens is 418 g/mol. The number of halogens is 1. The smallest absolute Gasteiger partial charge is 0.394 e. The second-order valence-corrected chi connectivity index (χ2v) is 8.34. The van der Waals surface area contributed by atoms with Gasteiger partial charge in [-0.3, -0.25) is 13.6 Å². The molecule has 3 rings (SSSR count). The number of aliphatic hydroxyl groups excluding tert-OH is 3. The standard InChI is InChI=1S/C20H24FO8P/c21-17-19(24)18(23)16(11-22)28-20(17)29-30(25,26-12-14-7-3-1-4-8-14)27-13-15-9-5-2-6-10-15/h1-10,16-20,22-24H,11-13H2/t16-,17-,18-,19-,20+/m1/s1. The summed E-state index contributed by atoms with van der Waals surface area (Å²) in [5.74, 6) is 0. The number of hydrogen-bond donors (Lipinski definition) is 3. The van der Waals surface area contributed by atoms with E-state index in [1.54, 1.807) is 60.7 Å². The number of hydrogen-bond acceptors (Lipinski definition) is 8. The van der Waals surface area contributed by atoms with Gasteiger partial charge in [0.15, 0.2) is 6.17 Å². The van der Waals surface area contributed by atoms with Crippen LogP contribution < -0.4 is 0 Å². The van der Waals surface area contributed by atoms with Gasteiger partial charge < -0.3 is 20.1 Å². The second kappa shape index (κ2) is 10.6. The van der Waals surface area contributed by atoms with Gasteiger partial charge in [0.25, 0.3) is 0 Å². The Morgan fingerprint density at radius 3 is 1.87 bits per heavy atom. The van der Waals surface area contributed by atoms with Crippen LogP contribution in [0.4, 0.5) is 4.39 Å². The molecule has 1 saturated heterocycles. The monoisotopic (exact) mass is 442 g/mol. The number of rotatable bonds is 9. The van der Waals surface area contributed by atoms with Gasteiger partial charge in [0, 0.05) is 0 Å². The summed E-state index contributed by atoms with van der Waals surface area (Å²) in [7, 11) is -4.38. The highest BCUT2D eigenvalue weighted by Gasteiger charge is 2.48. The predicted molar refractivity (Wildman–Crippen MR) is 104 cm³/mol. The first-order chi connectivity index (χ1) is 14.4. The summed E-state index contributed by atoms with van der Waals surface area (Å²) < 4.78 is 48.8. The molecule has 0 aliphatic carbocycles. The highest BCUT2D eigenvalue weighted by Crippen LogP contribution is 2.53. The van der Waals surface area contributed by atoms with E-state index in [0.717, 1.165) is 0 Å². The van der Waals surface area contributed by atoms with Gasteiger partial charge in [-0.15, -0.1) is 0 Å². The average Bonchev–Trinajstić information content (AvgIpc) is 2.78. The zero-order valence-electron chi connectivity index (χ0n) is 16.0. The lowest BCUT2D eigenvalue weighted by Crippen LogP contribution is -2.57. The fourth-order valence-electron chi connectivity index (χ4n) is 2.81. The molecule has 30 heavy (non-hydrogen) atoms. The molecule has 8 nitrogen and oxygen atoms in total. The summed E-state index contributed by atoms with van der Waals surface area (Å²) >= 11 is 0. The van der Waals surface area contributed by atoms with Crippen LogP contribution in [0.2, 0.25) is 0 Å². The highest BCUT2D eigenvalue weighted by molar-refractivity contribution is 7.48. The number of phosphoric ester groups is 1. The van der Waals surface area contributed by atoms with E-state index in [4.69, 9.17) is 18.3 Å². The summed E-state index contributed by atoms with van der Waals surface area (Å²) in [4.78, 5) is 0. The topological polar surface area (TPSA) is 115 Å². The summed E-state index contributed by atoms with van der Waals surface area (Å²) in [5, 5.41) is 28.9. The Morgan fingerprint density at radius 1 is 0.900 bits per heavy atom. The Bertz CT molecular complexity index is 775. The maximum absolute atomic E-state index is 14.5. The van der Waals surface area contributed by atoms with Gasteiger partial charge in [-0.2, -0.15) is 0 Å². The number of aliphatic hydroxyl groups is 3. The third kappa shape index (κ3) is 5.94. The van der Waals surface area contributed by atoms with E-state index >= 15 is 0 Å². The first-order valence-electron chi connectivity index (χ1n) is 9.34. The number of benzene rings is 2. The van der Waals surface area contributed by atoms with Gasteiger partial charge in [-0.05, 0) is 11.1 Å². The molecule has 0 aromatic heterocycles. The number of ether oxygens (including phenoxy) is 1. The van der Waals surface area contributed by atoms with Crippen molar-refractivity contribution in [1.82, 2.24) is 0 Å². The molecule has 0 saturated carbocycles.